The number of nitrogens with zero attached hydrogens (tertiary/aromatic N) is 2. The third-order valence-corrected chi connectivity index (χ3v) is 3.58. The highest BCUT2D eigenvalue weighted by Crippen LogP contribution is 2.31. The average molecular weight is 242 g/mol. The fourth-order valence-electron chi connectivity index (χ4n) is 2.04. The first-order valence-corrected chi connectivity index (χ1v) is 6.36. The summed E-state index contributed by atoms with van der Waals surface area (Å²) in [6.07, 6.45) is 2.09. The van der Waals surface area contributed by atoms with E-state index in [0.717, 1.165) is 36.5 Å². The molecule has 0 saturated carbocycles. The summed E-state index contributed by atoms with van der Waals surface area (Å²) in [6, 6.07) is 8.22. The number of hydrogen-bond donors (Lipinski definition) is 0. The molecule has 1 aromatic heterocycles. The van der Waals surface area contributed by atoms with E-state index in [0.29, 0.717) is 4.88 Å². The van der Waals surface area contributed by atoms with E-state index in [1.165, 1.54) is 16.9 Å². The Morgan fingerprint density at radius 1 is 1.41 bits per heavy atom. The SMILES string of the molecule is N#Cc1scnc1-c1ccc2c(c1)CCCO2. The average Bonchev–Trinajstić information content (AvgIpc) is 2.86. The molecule has 1 aromatic carbocycles. The van der Waals surface area contributed by atoms with Gasteiger partial charge < -0.3 is 4.74 Å². The molecule has 0 fully saturated rings. The Hall–Kier alpha value is -1.86. The van der Waals surface area contributed by atoms with Gasteiger partial charge >= 0.3 is 0 Å². The Balaban J connectivity index is 2.08. The third kappa shape index (κ3) is 1.79. The van der Waals surface area contributed by atoms with Gasteiger partial charge in [0.15, 0.2) is 0 Å². The zero-order valence-electron chi connectivity index (χ0n) is 9.14. The number of nitriles is 1. The molecule has 0 spiro atoms. The van der Waals surface area contributed by atoms with E-state index in [4.69, 9.17) is 10.00 Å². The Morgan fingerprint density at radius 2 is 2.35 bits per heavy atom. The van der Waals surface area contributed by atoms with Gasteiger partial charge in [0.2, 0.25) is 0 Å². The fourth-order valence-corrected chi connectivity index (χ4v) is 2.64. The lowest BCUT2D eigenvalue weighted by Crippen LogP contribution is -2.08. The smallest absolute Gasteiger partial charge is 0.132 e. The van der Waals surface area contributed by atoms with Crippen molar-refractivity contribution in [3.8, 4) is 23.1 Å². The number of aromatic nitrogens is 1. The molecule has 2 heterocycles. The van der Waals surface area contributed by atoms with E-state index < -0.39 is 0 Å². The summed E-state index contributed by atoms with van der Waals surface area (Å²) in [7, 11) is 0. The van der Waals surface area contributed by atoms with Gasteiger partial charge in [0.25, 0.3) is 0 Å². The molecule has 0 unspecified atom stereocenters. The van der Waals surface area contributed by atoms with Crippen molar-refractivity contribution in [1.29, 1.82) is 5.26 Å². The molecule has 1 aliphatic heterocycles. The summed E-state index contributed by atoms with van der Waals surface area (Å²) in [6.45, 7) is 0.798. The van der Waals surface area contributed by atoms with Gasteiger partial charge in [-0.25, -0.2) is 4.98 Å². The Morgan fingerprint density at radius 3 is 3.24 bits per heavy atom. The van der Waals surface area contributed by atoms with Gasteiger partial charge in [-0.1, -0.05) is 0 Å². The molecule has 0 bridgehead atoms. The molecule has 4 heteroatoms. The van der Waals surface area contributed by atoms with Gasteiger partial charge in [-0.3, -0.25) is 0 Å². The maximum absolute atomic E-state index is 9.00. The molecule has 0 aliphatic carbocycles. The number of benzene rings is 1. The minimum atomic E-state index is 0.668. The molecule has 0 saturated heterocycles. The summed E-state index contributed by atoms with van der Waals surface area (Å²) >= 11 is 1.38. The van der Waals surface area contributed by atoms with E-state index in [9.17, 15) is 0 Å². The standard InChI is InChI=1S/C13H10N2OS/c14-7-12-13(15-8-17-12)10-3-4-11-9(6-10)2-1-5-16-11/h3-4,6,8H,1-2,5H2. The van der Waals surface area contributed by atoms with Crippen molar-refractivity contribution in [2.45, 2.75) is 12.8 Å². The molecular formula is C13H10N2OS. The second-order valence-corrected chi connectivity index (χ2v) is 4.77. The van der Waals surface area contributed by atoms with Crippen LogP contribution in [0, 0.1) is 11.3 Å². The number of ether oxygens (including phenoxy) is 1. The largest absolute Gasteiger partial charge is 0.493 e. The van der Waals surface area contributed by atoms with Gasteiger partial charge in [-0.2, -0.15) is 5.26 Å². The Kier molecular flexibility index (Phi) is 2.54. The molecule has 84 valence electrons. The van der Waals surface area contributed by atoms with E-state index in [-0.39, 0.29) is 0 Å². The van der Waals surface area contributed by atoms with Crippen LogP contribution in [0.3, 0.4) is 0 Å². The van der Waals surface area contributed by atoms with Crippen molar-refractivity contribution >= 4 is 11.3 Å². The monoisotopic (exact) mass is 242 g/mol. The topological polar surface area (TPSA) is 45.9 Å². The number of rotatable bonds is 1. The van der Waals surface area contributed by atoms with Gasteiger partial charge in [0, 0.05) is 5.56 Å². The van der Waals surface area contributed by atoms with Crippen molar-refractivity contribution in [2.24, 2.45) is 0 Å². The maximum Gasteiger partial charge on any atom is 0.132 e. The minimum absolute atomic E-state index is 0.668. The zero-order chi connectivity index (χ0) is 11.7. The first-order valence-electron chi connectivity index (χ1n) is 5.48. The summed E-state index contributed by atoms with van der Waals surface area (Å²) in [5.74, 6) is 0.966. The highest BCUT2D eigenvalue weighted by Gasteiger charge is 2.14. The molecule has 1 aliphatic rings. The van der Waals surface area contributed by atoms with Crippen LogP contribution in [0.25, 0.3) is 11.3 Å². The van der Waals surface area contributed by atoms with Crippen LogP contribution in [-0.4, -0.2) is 11.6 Å². The quantitative estimate of drug-likeness (QED) is 0.772. The number of hydrogen-bond acceptors (Lipinski definition) is 4. The van der Waals surface area contributed by atoms with Crippen LogP contribution in [-0.2, 0) is 6.42 Å². The maximum atomic E-state index is 9.00. The molecule has 0 radical (unpaired) electrons. The van der Waals surface area contributed by atoms with Crippen LogP contribution in [0.4, 0.5) is 0 Å². The van der Waals surface area contributed by atoms with Gasteiger partial charge in [0.05, 0.1) is 17.8 Å². The lowest BCUT2D eigenvalue weighted by Gasteiger charge is -2.17. The summed E-state index contributed by atoms with van der Waals surface area (Å²) < 4.78 is 5.57. The molecule has 0 atom stereocenters. The number of aryl methyl sites for hydroxylation is 1. The molecule has 0 N–H and O–H groups in total. The van der Waals surface area contributed by atoms with Crippen molar-refractivity contribution in [3.63, 3.8) is 0 Å². The van der Waals surface area contributed by atoms with Gasteiger partial charge in [0.1, 0.15) is 16.7 Å². The van der Waals surface area contributed by atoms with Crippen molar-refractivity contribution < 1.29 is 4.74 Å². The molecule has 2 aromatic rings. The first-order chi connectivity index (χ1) is 8.38. The fraction of sp³-hybridized carbons (Fsp3) is 0.231. The number of thiazole rings is 1. The molecule has 3 rings (SSSR count). The summed E-state index contributed by atoms with van der Waals surface area (Å²) in [5.41, 5.74) is 4.72. The summed E-state index contributed by atoms with van der Waals surface area (Å²) in [5, 5.41) is 9.00. The van der Waals surface area contributed by atoms with E-state index in [1.54, 1.807) is 5.51 Å². The van der Waals surface area contributed by atoms with Crippen LogP contribution in [0.5, 0.6) is 5.75 Å². The molecule has 0 amide bonds. The van der Waals surface area contributed by atoms with Crippen molar-refractivity contribution in [3.05, 3.63) is 34.2 Å². The van der Waals surface area contributed by atoms with E-state index >= 15 is 0 Å². The van der Waals surface area contributed by atoms with E-state index in [2.05, 4.69) is 17.1 Å². The first kappa shape index (κ1) is 10.3. The van der Waals surface area contributed by atoms with Crippen LogP contribution >= 0.6 is 11.3 Å². The number of fused-ring (bicyclic) bond motifs is 1. The molecular weight excluding hydrogens is 232 g/mol. The highest BCUT2D eigenvalue weighted by molar-refractivity contribution is 7.10. The predicted octanol–water partition coefficient (Wildman–Crippen LogP) is 3.01. The normalized spacial score (nSPS) is 13.6. The second-order valence-electron chi connectivity index (χ2n) is 3.92. The van der Waals surface area contributed by atoms with Crippen molar-refractivity contribution in [1.82, 2.24) is 4.98 Å². The Bertz CT molecular complexity index is 598. The second kappa shape index (κ2) is 4.19. The Labute approximate surface area is 103 Å². The lowest BCUT2D eigenvalue weighted by molar-refractivity contribution is 0.288. The van der Waals surface area contributed by atoms with Gasteiger partial charge in [-0.15, -0.1) is 11.3 Å². The predicted molar refractivity (Wildman–Crippen MR) is 66.1 cm³/mol. The molecule has 17 heavy (non-hydrogen) atoms. The zero-order valence-corrected chi connectivity index (χ0v) is 9.96. The molecule has 3 nitrogen and oxygen atoms in total. The van der Waals surface area contributed by atoms with Crippen LogP contribution in [0.15, 0.2) is 23.7 Å². The van der Waals surface area contributed by atoms with Crippen LogP contribution in [0.2, 0.25) is 0 Å². The van der Waals surface area contributed by atoms with Crippen LogP contribution < -0.4 is 4.74 Å². The minimum Gasteiger partial charge on any atom is -0.493 e. The third-order valence-electron chi connectivity index (χ3n) is 2.85. The van der Waals surface area contributed by atoms with Crippen molar-refractivity contribution in [2.75, 3.05) is 6.61 Å². The highest BCUT2D eigenvalue weighted by atomic mass is 32.1. The van der Waals surface area contributed by atoms with Crippen LogP contribution in [0.1, 0.15) is 16.9 Å². The summed E-state index contributed by atoms with van der Waals surface area (Å²) in [4.78, 5) is 4.93. The lowest BCUT2D eigenvalue weighted by atomic mass is 10.0. The van der Waals surface area contributed by atoms with Gasteiger partial charge in [-0.05, 0) is 36.6 Å². The van der Waals surface area contributed by atoms with E-state index in [1.807, 2.05) is 12.1 Å².